The zero-order chi connectivity index (χ0) is 21.8. The summed E-state index contributed by atoms with van der Waals surface area (Å²) in [5.74, 6) is -0.0447. The molecule has 0 atom stereocenters. The summed E-state index contributed by atoms with van der Waals surface area (Å²) in [5.41, 5.74) is 2.03. The smallest absolute Gasteiger partial charge is 0.393 e. The van der Waals surface area contributed by atoms with E-state index in [1.54, 1.807) is 48.5 Å². The first-order valence-corrected chi connectivity index (χ1v) is 11.9. The molecule has 2 aromatic rings. The Hall–Kier alpha value is -2.30. The molecule has 2 rings (SSSR count). The van der Waals surface area contributed by atoms with Crippen LogP contribution in [-0.2, 0) is 18.9 Å². The summed E-state index contributed by atoms with van der Waals surface area (Å²) in [4.78, 5) is 16.8. The molecule has 0 heterocycles. The van der Waals surface area contributed by atoms with Gasteiger partial charge >= 0.3 is 13.8 Å². The van der Waals surface area contributed by atoms with Crippen LogP contribution in [0.4, 0.5) is 0 Å². The summed E-state index contributed by atoms with van der Waals surface area (Å²) in [6.45, 7) is 6.00. The van der Waals surface area contributed by atoms with Gasteiger partial charge in [-0.2, -0.15) is 0 Å². The number of benzene rings is 2. The lowest BCUT2D eigenvalue weighted by molar-refractivity contribution is -0.221. The van der Waals surface area contributed by atoms with E-state index in [0.29, 0.717) is 6.42 Å². The number of carbonyl (C=O) groups is 1. The van der Waals surface area contributed by atoms with Crippen LogP contribution in [0, 0.1) is 13.8 Å². The van der Waals surface area contributed by atoms with Crippen LogP contribution in [0.25, 0.3) is 0 Å². The third kappa shape index (κ3) is 9.02. The maximum Gasteiger partial charge on any atom is 0.625 e. The Labute approximate surface area is 179 Å². The Morgan fingerprint density at radius 3 is 1.73 bits per heavy atom. The molecule has 0 aliphatic carbocycles. The van der Waals surface area contributed by atoms with Crippen molar-refractivity contribution in [3.63, 3.8) is 0 Å². The van der Waals surface area contributed by atoms with Gasteiger partial charge in [-0.3, -0.25) is 4.89 Å². The largest absolute Gasteiger partial charge is 0.625 e. The molecule has 0 unspecified atom stereocenters. The van der Waals surface area contributed by atoms with E-state index in [9.17, 15) is 9.36 Å². The van der Waals surface area contributed by atoms with Crippen LogP contribution in [0.15, 0.2) is 48.5 Å². The molecular formula is C23H31O6P. The standard InChI is InChI=1S/C23H31O6P/c1-4-5-6-7-8-9-10-23(24)26-29-30(25,27-21-15-11-19(2)12-16-21)28-22-17-13-20(3)14-18-22/h11-18H,4-10H2,1-3H3. The van der Waals surface area contributed by atoms with Gasteiger partial charge in [0, 0.05) is 6.42 Å². The van der Waals surface area contributed by atoms with Gasteiger partial charge in [0.05, 0.1) is 0 Å². The van der Waals surface area contributed by atoms with Crippen molar-refractivity contribution in [3.8, 4) is 11.5 Å². The SMILES string of the molecule is CCCCCCCCC(=O)OOP(=O)(Oc1ccc(C)cc1)Oc1ccc(C)cc1. The molecule has 6 nitrogen and oxygen atoms in total. The molecule has 0 radical (unpaired) electrons. The minimum atomic E-state index is -4.24. The Kier molecular flexibility index (Phi) is 9.92. The first kappa shape index (κ1) is 24.0. The lowest BCUT2D eigenvalue weighted by Gasteiger charge is -2.17. The predicted molar refractivity (Wildman–Crippen MR) is 116 cm³/mol. The van der Waals surface area contributed by atoms with Gasteiger partial charge in [0.25, 0.3) is 0 Å². The van der Waals surface area contributed by atoms with Gasteiger partial charge in [-0.15, -0.1) is 0 Å². The normalized spacial score (nSPS) is 11.2. The van der Waals surface area contributed by atoms with Crippen LogP contribution in [0.5, 0.6) is 11.5 Å². The maximum atomic E-state index is 13.1. The molecular weight excluding hydrogens is 403 g/mol. The average molecular weight is 434 g/mol. The van der Waals surface area contributed by atoms with Crippen LogP contribution < -0.4 is 9.05 Å². The van der Waals surface area contributed by atoms with Crippen LogP contribution in [0.1, 0.15) is 63.0 Å². The van der Waals surface area contributed by atoms with Crippen molar-refractivity contribution in [2.24, 2.45) is 0 Å². The van der Waals surface area contributed by atoms with Gasteiger partial charge in [0.1, 0.15) is 11.5 Å². The van der Waals surface area contributed by atoms with Crippen molar-refractivity contribution in [2.75, 3.05) is 0 Å². The maximum absolute atomic E-state index is 13.1. The van der Waals surface area contributed by atoms with Crippen LogP contribution in [-0.4, -0.2) is 5.97 Å². The Morgan fingerprint density at radius 1 is 0.767 bits per heavy atom. The molecule has 30 heavy (non-hydrogen) atoms. The summed E-state index contributed by atoms with van der Waals surface area (Å²) < 4.78 is 28.9. The highest BCUT2D eigenvalue weighted by Crippen LogP contribution is 2.50. The van der Waals surface area contributed by atoms with E-state index in [2.05, 4.69) is 6.92 Å². The zero-order valence-electron chi connectivity index (χ0n) is 18.0. The van der Waals surface area contributed by atoms with E-state index < -0.39 is 13.8 Å². The summed E-state index contributed by atoms with van der Waals surface area (Å²) in [6.07, 6.45) is 6.41. The average Bonchev–Trinajstić information content (AvgIpc) is 2.73. The molecule has 0 fully saturated rings. The minimum Gasteiger partial charge on any atom is -0.393 e. The second-order valence-electron chi connectivity index (χ2n) is 7.30. The minimum absolute atomic E-state index is 0.182. The third-order valence-corrected chi connectivity index (χ3v) is 5.56. The second kappa shape index (κ2) is 12.4. The molecule has 0 aliphatic rings. The van der Waals surface area contributed by atoms with Crippen molar-refractivity contribution in [3.05, 3.63) is 59.7 Å². The van der Waals surface area contributed by atoms with Crippen LogP contribution >= 0.6 is 7.82 Å². The second-order valence-corrected chi connectivity index (χ2v) is 8.71. The first-order chi connectivity index (χ1) is 14.4. The summed E-state index contributed by atoms with van der Waals surface area (Å²) in [5, 5.41) is 0. The van der Waals surface area contributed by atoms with Gasteiger partial charge in [0.2, 0.25) is 0 Å². The molecule has 2 aromatic carbocycles. The van der Waals surface area contributed by atoms with Crippen molar-refractivity contribution in [1.82, 2.24) is 0 Å². The molecule has 0 spiro atoms. The molecule has 0 saturated heterocycles. The highest BCUT2D eigenvalue weighted by Gasteiger charge is 2.34. The van der Waals surface area contributed by atoms with Gasteiger partial charge in [0.15, 0.2) is 0 Å². The van der Waals surface area contributed by atoms with E-state index in [0.717, 1.165) is 30.4 Å². The van der Waals surface area contributed by atoms with E-state index in [-0.39, 0.29) is 17.9 Å². The Balaban J connectivity index is 1.95. The number of rotatable bonds is 13. The van der Waals surface area contributed by atoms with Crippen molar-refractivity contribution >= 4 is 13.8 Å². The highest BCUT2D eigenvalue weighted by molar-refractivity contribution is 7.49. The number of hydrogen-bond donors (Lipinski definition) is 0. The molecule has 7 heteroatoms. The van der Waals surface area contributed by atoms with E-state index >= 15 is 0 Å². The molecule has 0 aliphatic heterocycles. The summed E-state index contributed by atoms with van der Waals surface area (Å²) in [7, 11) is -4.24. The van der Waals surface area contributed by atoms with E-state index in [1.165, 1.54) is 12.8 Å². The first-order valence-electron chi connectivity index (χ1n) is 10.4. The topological polar surface area (TPSA) is 71.1 Å². The van der Waals surface area contributed by atoms with Crippen molar-refractivity contribution in [2.45, 2.75) is 65.7 Å². The van der Waals surface area contributed by atoms with Gasteiger partial charge in [-0.25, -0.2) is 9.36 Å². The van der Waals surface area contributed by atoms with Gasteiger partial charge in [-0.1, -0.05) is 79.1 Å². The predicted octanol–water partition coefficient (Wildman–Crippen LogP) is 7.09. The lowest BCUT2D eigenvalue weighted by atomic mass is 10.1. The van der Waals surface area contributed by atoms with Crippen molar-refractivity contribution in [1.29, 1.82) is 0 Å². The summed E-state index contributed by atoms with van der Waals surface area (Å²) >= 11 is 0. The van der Waals surface area contributed by atoms with Crippen LogP contribution in [0.2, 0.25) is 0 Å². The fraction of sp³-hybridized carbons (Fsp3) is 0.435. The number of unbranched alkanes of at least 4 members (excludes halogenated alkanes) is 5. The molecule has 0 N–H and O–H groups in total. The zero-order valence-corrected chi connectivity index (χ0v) is 18.9. The fourth-order valence-corrected chi connectivity index (χ4v) is 3.72. The van der Waals surface area contributed by atoms with E-state index in [1.807, 2.05) is 13.8 Å². The molecule has 0 amide bonds. The molecule has 0 aromatic heterocycles. The molecule has 164 valence electrons. The number of phosphoric acid groups is 1. The fourth-order valence-electron chi connectivity index (χ4n) is 2.68. The monoisotopic (exact) mass is 434 g/mol. The summed E-state index contributed by atoms with van der Waals surface area (Å²) in [6, 6.07) is 13.8. The van der Waals surface area contributed by atoms with E-state index in [4.69, 9.17) is 18.6 Å². The number of carbonyl (C=O) groups excluding carboxylic acids is 1. The quantitative estimate of drug-likeness (QED) is 0.145. The number of phosphoric ester groups is 1. The molecule has 0 bridgehead atoms. The lowest BCUT2D eigenvalue weighted by Crippen LogP contribution is -2.10. The third-order valence-electron chi connectivity index (χ3n) is 4.43. The Morgan fingerprint density at radius 2 is 1.23 bits per heavy atom. The van der Waals surface area contributed by atoms with Gasteiger partial charge in [-0.05, 0) is 44.5 Å². The van der Waals surface area contributed by atoms with Crippen LogP contribution in [0.3, 0.4) is 0 Å². The molecule has 0 saturated carbocycles. The Bertz CT molecular complexity index is 765. The number of aryl methyl sites for hydroxylation is 2. The highest BCUT2D eigenvalue weighted by atomic mass is 31.2. The number of hydrogen-bond acceptors (Lipinski definition) is 6. The van der Waals surface area contributed by atoms with Gasteiger partial charge < -0.3 is 9.05 Å². The van der Waals surface area contributed by atoms with Crippen molar-refractivity contribution < 1.29 is 28.0 Å².